The molecule has 4 atom stereocenters. The second-order valence-corrected chi connectivity index (χ2v) is 9.65. The number of para-hydroxylation sites is 1. The molecule has 0 saturated heterocycles. The van der Waals surface area contributed by atoms with Crippen molar-refractivity contribution < 1.29 is 23.5 Å². The van der Waals surface area contributed by atoms with Gasteiger partial charge in [-0.2, -0.15) is 0 Å². The number of nitrogens with zero attached hydrogens (tertiary/aromatic N) is 3. The van der Waals surface area contributed by atoms with Crippen molar-refractivity contribution in [1.82, 2.24) is 20.1 Å². The predicted octanol–water partition coefficient (Wildman–Crippen LogP) is 3.37. The molecule has 2 aromatic rings. The summed E-state index contributed by atoms with van der Waals surface area (Å²) in [6, 6.07) is 6.40. The first-order chi connectivity index (χ1) is 16.0. The Labute approximate surface area is 196 Å². The summed E-state index contributed by atoms with van der Waals surface area (Å²) in [6.45, 7) is 2.07. The summed E-state index contributed by atoms with van der Waals surface area (Å²) in [5, 5.41) is 11.8. The standard InChI is InChI=1S/C23H29FN4O4S/c1-14(17-10-15-7-8-16(17)9-15)28-20(12-32-19-6-4-3-5-18(19)24)26-27-23(28)33-13-21(29)25-11-22(30)31-2/h3-6,14-17H,7-13H2,1-2H3,(H,25,29). The maximum absolute atomic E-state index is 14.0. The van der Waals surface area contributed by atoms with E-state index < -0.39 is 11.8 Å². The lowest BCUT2D eigenvalue weighted by molar-refractivity contribution is -0.140. The van der Waals surface area contributed by atoms with Crippen LogP contribution in [0.4, 0.5) is 4.39 Å². The molecule has 2 fully saturated rings. The van der Waals surface area contributed by atoms with Crippen LogP contribution in [0.25, 0.3) is 0 Å². The Bertz CT molecular complexity index is 1000. The normalized spacial score (nSPS) is 22.2. The summed E-state index contributed by atoms with van der Waals surface area (Å²) in [6.07, 6.45) is 5.01. The maximum atomic E-state index is 14.0. The van der Waals surface area contributed by atoms with Crippen LogP contribution in [0.1, 0.15) is 44.5 Å². The monoisotopic (exact) mass is 476 g/mol. The van der Waals surface area contributed by atoms with Crippen molar-refractivity contribution in [2.75, 3.05) is 19.4 Å². The minimum atomic E-state index is -0.506. The van der Waals surface area contributed by atoms with Gasteiger partial charge in [0.25, 0.3) is 0 Å². The van der Waals surface area contributed by atoms with Gasteiger partial charge in [-0.25, -0.2) is 4.39 Å². The molecule has 8 nitrogen and oxygen atoms in total. The Morgan fingerprint density at radius 3 is 2.79 bits per heavy atom. The van der Waals surface area contributed by atoms with Crippen LogP contribution in [0.5, 0.6) is 5.75 Å². The van der Waals surface area contributed by atoms with Crippen molar-refractivity contribution in [2.24, 2.45) is 17.8 Å². The highest BCUT2D eigenvalue weighted by Crippen LogP contribution is 2.52. The van der Waals surface area contributed by atoms with Gasteiger partial charge < -0.3 is 14.8 Å². The van der Waals surface area contributed by atoms with Gasteiger partial charge in [0.05, 0.1) is 12.9 Å². The van der Waals surface area contributed by atoms with Crippen molar-refractivity contribution in [3.8, 4) is 5.75 Å². The van der Waals surface area contributed by atoms with Gasteiger partial charge in [0.15, 0.2) is 22.5 Å². The van der Waals surface area contributed by atoms with Crippen LogP contribution < -0.4 is 10.1 Å². The number of nitrogens with one attached hydrogen (secondary N) is 1. The highest BCUT2D eigenvalue weighted by molar-refractivity contribution is 7.99. The minimum absolute atomic E-state index is 0.0776. The number of amides is 1. The molecule has 1 aromatic carbocycles. The van der Waals surface area contributed by atoms with Crippen molar-refractivity contribution in [2.45, 2.75) is 50.4 Å². The number of carbonyl (C=O) groups is 2. The first-order valence-electron chi connectivity index (χ1n) is 11.2. The van der Waals surface area contributed by atoms with Crippen LogP contribution in [0.3, 0.4) is 0 Å². The largest absolute Gasteiger partial charge is 0.483 e. The molecule has 4 unspecified atom stereocenters. The Morgan fingerprint density at radius 2 is 2.09 bits per heavy atom. The van der Waals surface area contributed by atoms with E-state index in [1.165, 1.54) is 50.6 Å². The molecule has 1 amide bonds. The van der Waals surface area contributed by atoms with E-state index in [1.807, 2.05) is 4.57 Å². The predicted molar refractivity (Wildman–Crippen MR) is 120 cm³/mol. The van der Waals surface area contributed by atoms with E-state index in [4.69, 9.17) is 4.74 Å². The van der Waals surface area contributed by atoms with Crippen LogP contribution in [-0.2, 0) is 20.9 Å². The third kappa shape index (κ3) is 5.48. The quantitative estimate of drug-likeness (QED) is 0.415. The summed E-state index contributed by atoms with van der Waals surface area (Å²) >= 11 is 1.26. The second kappa shape index (κ2) is 10.5. The molecular weight excluding hydrogens is 447 g/mol. The van der Waals surface area contributed by atoms with E-state index in [9.17, 15) is 14.0 Å². The second-order valence-electron chi connectivity index (χ2n) is 8.71. The molecular formula is C23H29FN4O4S. The van der Waals surface area contributed by atoms with Crippen molar-refractivity contribution >= 4 is 23.6 Å². The van der Waals surface area contributed by atoms with E-state index in [2.05, 4.69) is 27.2 Å². The van der Waals surface area contributed by atoms with Gasteiger partial charge in [0.1, 0.15) is 13.2 Å². The van der Waals surface area contributed by atoms with Crippen molar-refractivity contribution in [3.63, 3.8) is 0 Å². The van der Waals surface area contributed by atoms with Crippen LogP contribution in [0, 0.1) is 23.6 Å². The summed E-state index contributed by atoms with van der Waals surface area (Å²) in [5.41, 5.74) is 0. The Balaban J connectivity index is 1.48. The molecule has 1 heterocycles. The molecule has 178 valence electrons. The van der Waals surface area contributed by atoms with Crippen LogP contribution in [-0.4, -0.2) is 46.0 Å². The molecule has 1 N–H and O–H groups in total. The third-order valence-electron chi connectivity index (χ3n) is 6.74. The zero-order valence-corrected chi connectivity index (χ0v) is 19.6. The van der Waals surface area contributed by atoms with E-state index >= 15 is 0 Å². The summed E-state index contributed by atoms with van der Waals surface area (Å²) in [7, 11) is 1.27. The molecule has 2 aliphatic rings. The number of hydrogen-bond acceptors (Lipinski definition) is 7. The van der Waals surface area contributed by atoms with E-state index in [1.54, 1.807) is 18.2 Å². The molecule has 4 rings (SSSR count). The fourth-order valence-electron chi connectivity index (χ4n) is 5.12. The van der Waals surface area contributed by atoms with Gasteiger partial charge in [0.2, 0.25) is 5.91 Å². The lowest BCUT2D eigenvalue weighted by Gasteiger charge is -2.30. The number of thioether (sulfide) groups is 1. The van der Waals surface area contributed by atoms with Crippen molar-refractivity contribution in [1.29, 1.82) is 0 Å². The Morgan fingerprint density at radius 1 is 1.27 bits per heavy atom. The summed E-state index contributed by atoms with van der Waals surface area (Å²) < 4.78 is 26.3. The summed E-state index contributed by atoms with van der Waals surface area (Å²) in [5.74, 6) is 1.62. The first-order valence-corrected chi connectivity index (χ1v) is 12.2. The van der Waals surface area contributed by atoms with Crippen LogP contribution in [0.15, 0.2) is 29.4 Å². The lowest BCUT2D eigenvalue weighted by atomic mass is 9.84. The zero-order valence-electron chi connectivity index (χ0n) is 18.8. The number of carbonyl (C=O) groups excluding carboxylic acids is 2. The number of halogens is 1. The molecule has 2 bridgehead atoms. The number of esters is 1. The minimum Gasteiger partial charge on any atom is -0.483 e. The third-order valence-corrected chi connectivity index (χ3v) is 7.68. The van der Waals surface area contributed by atoms with Gasteiger partial charge >= 0.3 is 5.97 Å². The number of aromatic nitrogens is 3. The number of fused-ring (bicyclic) bond motifs is 2. The molecule has 33 heavy (non-hydrogen) atoms. The van der Waals surface area contributed by atoms with E-state index in [0.29, 0.717) is 22.8 Å². The Hall–Kier alpha value is -2.62. The number of hydrogen-bond donors (Lipinski definition) is 1. The van der Waals surface area contributed by atoms with Gasteiger partial charge in [-0.15, -0.1) is 10.2 Å². The molecule has 2 aliphatic carbocycles. The molecule has 10 heteroatoms. The molecule has 2 saturated carbocycles. The topological polar surface area (TPSA) is 95.3 Å². The van der Waals surface area contributed by atoms with Gasteiger partial charge in [-0.3, -0.25) is 14.2 Å². The van der Waals surface area contributed by atoms with Gasteiger partial charge in [0, 0.05) is 6.04 Å². The lowest BCUT2D eigenvalue weighted by Crippen LogP contribution is -2.31. The van der Waals surface area contributed by atoms with Gasteiger partial charge in [-0.05, 0) is 56.1 Å². The molecule has 0 radical (unpaired) electrons. The first kappa shape index (κ1) is 23.5. The SMILES string of the molecule is COC(=O)CNC(=O)CSc1nnc(COc2ccccc2F)n1C(C)C1CC2CCC1C2. The maximum Gasteiger partial charge on any atom is 0.325 e. The fourth-order valence-corrected chi connectivity index (χ4v) is 5.99. The van der Waals surface area contributed by atoms with Crippen LogP contribution in [0.2, 0.25) is 0 Å². The van der Waals surface area contributed by atoms with Crippen molar-refractivity contribution in [3.05, 3.63) is 35.9 Å². The van der Waals surface area contributed by atoms with Crippen LogP contribution >= 0.6 is 11.8 Å². The summed E-state index contributed by atoms with van der Waals surface area (Å²) in [4.78, 5) is 23.4. The highest BCUT2D eigenvalue weighted by atomic mass is 32.2. The van der Waals surface area contributed by atoms with E-state index in [-0.39, 0.29) is 36.6 Å². The average Bonchev–Trinajstić information content (AvgIpc) is 3.56. The highest BCUT2D eigenvalue weighted by Gasteiger charge is 2.43. The number of methoxy groups -OCH3 is 1. The zero-order chi connectivity index (χ0) is 23.4. The fraction of sp³-hybridized carbons (Fsp3) is 0.565. The average molecular weight is 477 g/mol. The number of rotatable bonds is 10. The number of ether oxygens (including phenoxy) is 2. The Kier molecular flexibility index (Phi) is 7.52. The van der Waals surface area contributed by atoms with Gasteiger partial charge in [-0.1, -0.05) is 30.3 Å². The number of benzene rings is 1. The molecule has 0 aliphatic heterocycles. The molecule has 0 spiro atoms. The molecule has 1 aromatic heterocycles. The smallest absolute Gasteiger partial charge is 0.325 e. The van der Waals surface area contributed by atoms with E-state index in [0.717, 1.165) is 5.92 Å².